The second-order valence-corrected chi connectivity index (χ2v) is 8.25. The average Bonchev–Trinajstić information content (AvgIpc) is 3.06. The molecule has 0 spiro atoms. The maximum atomic E-state index is 12.4. The van der Waals surface area contributed by atoms with Gasteiger partial charge in [-0.25, -0.2) is 8.42 Å². The molecule has 0 saturated carbocycles. The number of aromatic nitrogens is 2. The second-order valence-electron chi connectivity index (χ2n) is 6.02. The molecule has 1 fully saturated rings. The number of carbonyl (C=O) groups is 1. The van der Waals surface area contributed by atoms with Crippen molar-refractivity contribution in [1.82, 2.24) is 20.0 Å². The maximum Gasteiger partial charge on any atom is 0.239 e. The lowest BCUT2D eigenvalue weighted by atomic mass is 10.2. The third kappa shape index (κ3) is 4.30. The summed E-state index contributed by atoms with van der Waals surface area (Å²) < 4.78 is 24.9. The van der Waals surface area contributed by atoms with Gasteiger partial charge in [-0.2, -0.15) is 5.10 Å². The summed E-state index contributed by atoms with van der Waals surface area (Å²) in [5.74, 6) is 0.173. The van der Waals surface area contributed by atoms with E-state index in [9.17, 15) is 13.2 Å². The Balaban J connectivity index is 1.86. The first-order chi connectivity index (χ1) is 10.3. The Kier molecular flexibility index (Phi) is 5.23. The monoisotopic (exact) mass is 328 g/mol. The van der Waals surface area contributed by atoms with Crippen molar-refractivity contribution in [2.45, 2.75) is 44.9 Å². The van der Waals surface area contributed by atoms with E-state index in [-0.39, 0.29) is 35.5 Å². The van der Waals surface area contributed by atoms with Crippen molar-refractivity contribution in [3.05, 3.63) is 18.5 Å². The van der Waals surface area contributed by atoms with Crippen LogP contribution in [0.1, 0.15) is 20.3 Å². The van der Waals surface area contributed by atoms with Crippen LogP contribution in [0.25, 0.3) is 0 Å². The van der Waals surface area contributed by atoms with Gasteiger partial charge >= 0.3 is 0 Å². The van der Waals surface area contributed by atoms with Gasteiger partial charge in [0.05, 0.1) is 24.1 Å². The van der Waals surface area contributed by atoms with E-state index in [1.165, 1.54) is 0 Å². The molecule has 22 heavy (non-hydrogen) atoms. The van der Waals surface area contributed by atoms with Crippen LogP contribution in [0.2, 0.25) is 0 Å². The number of rotatable bonds is 6. The molecule has 1 aromatic rings. The van der Waals surface area contributed by atoms with Gasteiger partial charge in [0.15, 0.2) is 9.84 Å². The lowest BCUT2D eigenvalue weighted by molar-refractivity contribution is -0.133. The van der Waals surface area contributed by atoms with Crippen LogP contribution in [0.3, 0.4) is 0 Å². The summed E-state index contributed by atoms with van der Waals surface area (Å²) in [6, 6.07) is 1.37. The molecule has 1 aliphatic heterocycles. The van der Waals surface area contributed by atoms with Gasteiger partial charge in [-0.15, -0.1) is 0 Å². The lowest BCUT2D eigenvalue weighted by Gasteiger charge is -2.28. The fourth-order valence-electron chi connectivity index (χ4n) is 2.81. The number of hydrogen-bond donors (Lipinski definition) is 1. The number of nitrogens with zero attached hydrogens (tertiary/aromatic N) is 3. The molecule has 1 aliphatic rings. The van der Waals surface area contributed by atoms with Gasteiger partial charge in [-0.1, -0.05) is 0 Å². The lowest BCUT2D eigenvalue weighted by Crippen LogP contribution is -2.50. The van der Waals surface area contributed by atoms with Crippen LogP contribution >= 0.6 is 0 Å². The van der Waals surface area contributed by atoms with Crippen LogP contribution in [0.5, 0.6) is 0 Å². The number of amides is 1. The Hall–Kier alpha value is -1.41. The molecule has 0 radical (unpaired) electrons. The van der Waals surface area contributed by atoms with E-state index in [2.05, 4.69) is 10.4 Å². The first-order valence-electron chi connectivity index (χ1n) is 7.49. The third-order valence-corrected chi connectivity index (χ3v) is 5.78. The highest BCUT2D eigenvalue weighted by Gasteiger charge is 2.34. The minimum absolute atomic E-state index is 0.0742. The minimum Gasteiger partial charge on any atom is -0.340 e. The Morgan fingerprint density at radius 1 is 1.50 bits per heavy atom. The number of likely N-dealkylation sites (N-methyl/N-ethyl adjacent to an activating group) is 1. The molecule has 7 nitrogen and oxygen atoms in total. The van der Waals surface area contributed by atoms with Crippen LogP contribution in [-0.2, 0) is 21.2 Å². The average molecular weight is 328 g/mol. The van der Waals surface area contributed by atoms with Crippen molar-refractivity contribution < 1.29 is 13.2 Å². The summed E-state index contributed by atoms with van der Waals surface area (Å²) in [4.78, 5) is 14.0. The van der Waals surface area contributed by atoms with Crippen LogP contribution in [0, 0.1) is 0 Å². The van der Waals surface area contributed by atoms with Gasteiger partial charge in [0, 0.05) is 31.5 Å². The first-order valence-corrected chi connectivity index (χ1v) is 9.31. The zero-order valence-corrected chi connectivity index (χ0v) is 14.1. The zero-order valence-electron chi connectivity index (χ0n) is 13.3. The molecule has 1 amide bonds. The van der Waals surface area contributed by atoms with Gasteiger partial charge in [0.2, 0.25) is 5.91 Å². The SMILES string of the molecule is CC(Cn1cccn1)NC(C)C(=O)N(C)C1CCS(=O)(=O)C1. The highest BCUT2D eigenvalue weighted by molar-refractivity contribution is 7.91. The van der Waals surface area contributed by atoms with E-state index in [1.54, 1.807) is 18.1 Å². The Labute approximate surface area is 131 Å². The summed E-state index contributed by atoms with van der Waals surface area (Å²) >= 11 is 0. The molecular formula is C14H24N4O3S. The van der Waals surface area contributed by atoms with Crippen molar-refractivity contribution in [3.63, 3.8) is 0 Å². The van der Waals surface area contributed by atoms with E-state index in [0.717, 1.165) is 0 Å². The number of sulfone groups is 1. The fraction of sp³-hybridized carbons (Fsp3) is 0.714. The highest BCUT2D eigenvalue weighted by atomic mass is 32.2. The second kappa shape index (κ2) is 6.78. The summed E-state index contributed by atoms with van der Waals surface area (Å²) in [6.07, 6.45) is 4.12. The summed E-state index contributed by atoms with van der Waals surface area (Å²) in [5.41, 5.74) is 0. The van der Waals surface area contributed by atoms with E-state index in [1.807, 2.05) is 30.8 Å². The highest BCUT2D eigenvalue weighted by Crippen LogP contribution is 2.17. The molecule has 2 heterocycles. The normalized spacial score (nSPS) is 23.1. The molecule has 0 bridgehead atoms. The molecule has 3 unspecified atom stereocenters. The summed E-state index contributed by atoms with van der Waals surface area (Å²) in [7, 11) is -1.30. The molecule has 2 rings (SSSR count). The van der Waals surface area contributed by atoms with Crippen molar-refractivity contribution in [2.75, 3.05) is 18.6 Å². The molecule has 1 N–H and O–H groups in total. The molecular weight excluding hydrogens is 304 g/mol. The van der Waals surface area contributed by atoms with E-state index >= 15 is 0 Å². The smallest absolute Gasteiger partial charge is 0.239 e. The predicted octanol–water partition coefficient (Wildman–Crippen LogP) is -0.105. The van der Waals surface area contributed by atoms with Gasteiger partial charge in [-0.3, -0.25) is 9.48 Å². The van der Waals surface area contributed by atoms with Gasteiger partial charge < -0.3 is 10.2 Å². The topological polar surface area (TPSA) is 84.3 Å². The van der Waals surface area contributed by atoms with Crippen LogP contribution in [0.15, 0.2) is 18.5 Å². The quantitative estimate of drug-likeness (QED) is 0.788. The Bertz CT molecular complexity index is 600. The van der Waals surface area contributed by atoms with Crippen molar-refractivity contribution >= 4 is 15.7 Å². The summed E-state index contributed by atoms with van der Waals surface area (Å²) in [5, 5.41) is 7.38. The Morgan fingerprint density at radius 2 is 2.23 bits per heavy atom. The van der Waals surface area contributed by atoms with Crippen molar-refractivity contribution in [3.8, 4) is 0 Å². The standard InChI is InChI=1S/C14H24N4O3S/c1-11(9-18-7-4-6-15-18)16-12(2)14(19)17(3)13-5-8-22(20,21)10-13/h4,6-7,11-13,16H,5,8-10H2,1-3H3. The molecule has 8 heteroatoms. The van der Waals surface area contributed by atoms with E-state index in [4.69, 9.17) is 0 Å². The van der Waals surface area contributed by atoms with Gasteiger partial charge in [0.1, 0.15) is 0 Å². The first kappa shape index (κ1) is 17.0. The maximum absolute atomic E-state index is 12.4. The number of hydrogen-bond acceptors (Lipinski definition) is 5. The van der Waals surface area contributed by atoms with Crippen molar-refractivity contribution in [1.29, 1.82) is 0 Å². The minimum atomic E-state index is -2.98. The Morgan fingerprint density at radius 3 is 2.77 bits per heavy atom. The van der Waals surface area contributed by atoms with Crippen LogP contribution in [-0.4, -0.2) is 65.7 Å². The molecule has 0 aliphatic carbocycles. The molecule has 1 aromatic heterocycles. The number of nitrogens with one attached hydrogen (secondary N) is 1. The molecule has 0 aromatic carbocycles. The number of carbonyl (C=O) groups excluding carboxylic acids is 1. The van der Waals surface area contributed by atoms with Gasteiger partial charge in [0.25, 0.3) is 0 Å². The van der Waals surface area contributed by atoms with Crippen molar-refractivity contribution in [2.24, 2.45) is 0 Å². The predicted molar refractivity (Wildman–Crippen MR) is 84.1 cm³/mol. The largest absolute Gasteiger partial charge is 0.340 e. The van der Waals surface area contributed by atoms with Gasteiger partial charge in [-0.05, 0) is 26.3 Å². The third-order valence-electron chi connectivity index (χ3n) is 4.03. The van der Waals surface area contributed by atoms with Crippen LogP contribution in [0.4, 0.5) is 0 Å². The zero-order chi connectivity index (χ0) is 16.3. The molecule has 3 atom stereocenters. The molecule has 124 valence electrons. The summed E-state index contributed by atoms with van der Waals surface area (Å²) in [6.45, 7) is 4.47. The van der Waals surface area contributed by atoms with E-state index < -0.39 is 9.84 Å². The van der Waals surface area contributed by atoms with Crippen LogP contribution < -0.4 is 5.32 Å². The molecule has 1 saturated heterocycles. The fourth-order valence-corrected chi connectivity index (χ4v) is 4.58. The van der Waals surface area contributed by atoms with E-state index in [0.29, 0.717) is 13.0 Å².